The fourth-order valence-corrected chi connectivity index (χ4v) is 2.47. The smallest absolute Gasteiger partial charge is 0.339 e. The predicted molar refractivity (Wildman–Crippen MR) is 67.7 cm³/mol. The normalized spacial score (nSPS) is 10.1. The van der Waals surface area contributed by atoms with Gasteiger partial charge in [0.1, 0.15) is 5.82 Å². The number of carbonyl (C=O) groups is 1. The number of alkyl halides is 1. The molecular formula is C10H9BrFIO2. The standard InChI is InChI=1S/C10H9BrFIO2/c1-2-15-10(14)9-6(5-11)3-7(12)4-8(9)13/h3-4H,2,5H2,1H3. The summed E-state index contributed by atoms with van der Waals surface area (Å²) >= 11 is 5.15. The largest absolute Gasteiger partial charge is 0.462 e. The number of esters is 1. The van der Waals surface area contributed by atoms with Gasteiger partial charge in [0, 0.05) is 8.90 Å². The van der Waals surface area contributed by atoms with Crippen LogP contribution in [0.5, 0.6) is 0 Å². The predicted octanol–water partition coefficient (Wildman–Crippen LogP) is 3.50. The second kappa shape index (κ2) is 5.79. The van der Waals surface area contributed by atoms with Crippen molar-refractivity contribution in [1.29, 1.82) is 0 Å². The number of hydrogen-bond acceptors (Lipinski definition) is 2. The molecule has 0 atom stereocenters. The average Bonchev–Trinajstić information content (AvgIpc) is 2.16. The first-order valence-corrected chi connectivity index (χ1v) is 6.51. The van der Waals surface area contributed by atoms with Gasteiger partial charge in [-0.05, 0) is 47.2 Å². The highest BCUT2D eigenvalue weighted by Gasteiger charge is 2.17. The summed E-state index contributed by atoms with van der Waals surface area (Å²) in [6.45, 7) is 2.05. The van der Waals surface area contributed by atoms with Crippen molar-refractivity contribution in [3.8, 4) is 0 Å². The van der Waals surface area contributed by atoms with Crippen molar-refractivity contribution in [3.05, 3.63) is 32.6 Å². The van der Waals surface area contributed by atoms with E-state index < -0.39 is 5.97 Å². The molecule has 82 valence electrons. The van der Waals surface area contributed by atoms with Gasteiger partial charge in [-0.15, -0.1) is 0 Å². The molecule has 0 aliphatic heterocycles. The topological polar surface area (TPSA) is 26.3 Å². The van der Waals surface area contributed by atoms with Crippen LogP contribution in [0, 0.1) is 9.39 Å². The lowest BCUT2D eigenvalue weighted by molar-refractivity contribution is 0.0524. The van der Waals surface area contributed by atoms with E-state index in [1.807, 2.05) is 22.6 Å². The molecule has 0 spiro atoms. The summed E-state index contributed by atoms with van der Waals surface area (Å²) in [5.74, 6) is -0.752. The maximum absolute atomic E-state index is 13.1. The molecule has 0 aromatic heterocycles. The van der Waals surface area contributed by atoms with E-state index in [4.69, 9.17) is 4.74 Å². The highest BCUT2D eigenvalue weighted by Crippen LogP contribution is 2.22. The number of hydrogen-bond donors (Lipinski definition) is 0. The van der Waals surface area contributed by atoms with Crippen molar-refractivity contribution in [2.45, 2.75) is 12.3 Å². The van der Waals surface area contributed by atoms with Gasteiger partial charge in [-0.25, -0.2) is 9.18 Å². The van der Waals surface area contributed by atoms with Crippen LogP contribution in [-0.2, 0) is 10.1 Å². The van der Waals surface area contributed by atoms with E-state index in [9.17, 15) is 9.18 Å². The Morgan fingerprint density at radius 2 is 2.27 bits per heavy atom. The lowest BCUT2D eigenvalue weighted by atomic mass is 10.1. The highest BCUT2D eigenvalue weighted by atomic mass is 127. The minimum absolute atomic E-state index is 0.314. The van der Waals surface area contributed by atoms with Gasteiger partial charge in [0.05, 0.1) is 12.2 Å². The van der Waals surface area contributed by atoms with Gasteiger partial charge in [-0.2, -0.15) is 0 Å². The molecule has 0 heterocycles. The van der Waals surface area contributed by atoms with E-state index in [-0.39, 0.29) is 5.82 Å². The van der Waals surface area contributed by atoms with Crippen LogP contribution in [0.3, 0.4) is 0 Å². The van der Waals surface area contributed by atoms with Gasteiger partial charge in [-0.1, -0.05) is 15.9 Å². The minimum Gasteiger partial charge on any atom is -0.462 e. The molecule has 1 rings (SSSR count). The molecular weight excluding hydrogens is 378 g/mol. The summed E-state index contributed by atoms with van der Waals surface area (Å²) in [7, 11) is 0. The van der Waals surface area contributed by atoms with Crippen LogP contribution in [0.4, 0.5) is 4.39 Å². The molecule has 0 bridgehead atoms. The van der Waals surface area contributed by atoms with Gasteiger partial charge < -0.3 is 4.74 Å². The van der Waals surface area contributed by atoms with E-state index in [2.05, 4.69) is 15.9 Å². The molecule has 1 aromatic carbocycles. The molecule has 0 N–H and O–H groups in total. The van der Waals surface area contributed by atoms with Gasteiger partial charge in [0.25, 0.3) is 0 Å². The average molecular weight is 387 g/mol. The molecule has 2 nitrogen and oxygen atoms in total. The number of carbonyl (C=O) groups excluding carboxylic acids is 1. The van der Waals surface area contributed by atoms with Crippen molar-refractivity contribution in [1.82, 2.24) is 0 Å². The molecule has 0 amide bonds. The van der Waals surface area contributed by atoms with Crippen LogP contribution in [0.15, 0.2) is 12.1 Å². The van der Waals surface area contributed by atoms with E-state index >= 15 is 0 Å². The number of ether oxygens (including phenoxy) is 1. The summed E-state index contributed by atoms with van der Waals surface area (Å²) in [6, 6.07) is 2.65. The van der Waals surface area contributed by atoms with E-state index in [1.54, 1.807) is 6.92 Å². The molecule has 0 saturated heterocycles. The Balaban J connectivity index is 3.20. The second-order valence-electron chi connectivity index (χ2n) is 2.78. The highest BCUT2D eigenvalue weighted by molar-refractivity contribution is 14.1. The summed E-state index contributed by atoms with van der Waals surface area (Å²) < 4.78 is 18.5. The lowest BCUT2D eigenvalue weighted by Crippen LogP contribution is -2.10. The van der Waals surface area contributed by atoms with Crippen LogP contribution >= 0.6 is 38.5 Å². The maximum Gasteiger partial charge on any atom is 0.339 e. The van der Waals surface area contributed by atoms with Crippen molar-refractivity contribution in [2.75, 3.05) is 6.61 Å². The van der Waals surface area contributed by atoms with Gasteiger partial charge in [-0.3, -0.25) is 0 Å². The van der Waals surface area contributed by atoms with Crippen molar-refractivity contribution >= 4 is 44.5 Å². The summed E-state index contributed by atoms with van der Waals surface area (Å²) in [5.41, 5.74) is 1.05. The molecule has 0 fully saturated rings. The number of rotatable bonds is 3. The summed E-state index contributed by atoms with van der Waals surface area (Å²) in [4.78, 5) is 11.6. The fraction of sp³-hybridized carbons (Fsp3) is 0.300. The molecule has 5 heteroatoms. The minimum atomic E-state index is -0.406. The first-order valence-electron chi connectivity index (χ1n) is 4.31. The summed E-state index contributed by atoms with van der Waals surface area (Å²) in [6.07, 6.45) is 0. The Hall–Kier alpha value is -0.170. The second-order valence-corrected chi connectivity index (χ2v) is 4.50. The Morgan fingerprint density at radius 1 is 1.60 bits per heavy atom. The Morgan fingerprint density at radius 3 is 2.80 bits per heavy atom. The monoisotopic (exact) mass is 386 g/mol. The lowest BCUT2D eigenvalue weighted by Gasteiger charge is -2.09. The van der Waals surface area contributed by atoms with Crippen molar-refractivity contribution in [3.63, 3.8) is 0 Å². The van der Waals surface area contributed by atoms with Crippen molar-refractivity contribution < 1.29 is 13.9 Å². The maximum atomic E-state index is 13.1. The third-order valence-electron chi connectivity index (χ3n) is 1.76. The Kier molecular flexibility index (Phi) is 4.98. The first-order chi connectivity index (χ1) is 7.10. The zero-order valence-electron chi connectivity index (χ0n) is 8.02. The third-order valence-corrected chi connectivity index (χ3v) is 3.22. The van der Waals surface area contributed by atoms with Gasteiger partial charge in [0.15, 0.2) is 0 Å². The quantitative estimate of drug-likeness (QED) is 0.451. The third kappa shape index (κ3) is 3.14. The SMILES string of the molecule is CCOC(=O)c1c(I)cc(F)cc1CBr. The Bertz CT molecular complexity index is 382. The van der Waals surface area contributed by atoms with Crippen LogP contribution in [0.25, 0.3) is 0 Å². The van der Waals surface area contributed by atoms with E-state index in [1.165, 1.54) is 12.1 Å². The van der Waals surface area contributed by atoms with Gasteiger partial charge in [0.2, 0.25) is 0 Å². The van der Waals surface area contributed by atoms with Gasteiger partial charge >= 0.3 is 5.97 Å². The zero-order valence-corrected chi connectivity index (χ0v) is 11.8. The number of benzene rings is 1. The molecule has 15 heavy (non-hydrogen) atoms. The van der Waals surface area contributed by atoms with Crippen molar-refractivity contribution in [2.24, 2.45) is 0 Å². The molecule has 0 saturated carbocycles. The van der Waals surface area contributed by atoms with Crippen LogP contribution in [-0.4, -0.2) is 12.6 Å². The van der Waals surface area contributed by atoms with Crippen LogP contribution in [0.2, 0.25) is 0 Å². The van der Waals surface area contributed by atoms with Crippen LogP contribution < -0.4 is 0 Å². The summed E-state index contributed by atoms with van der Waals surface area (Å²) in [5, 5.41) is 0.426. The molecule has 0 aliphatic carbocycles. The van der Waals surface area contributed by atoms with Crippen LogP contribution in [0.1, 0.15) is 22.8 Å². The van der Waals surface area contributed by atoms with E-state index in [0.717, 1.165) is 0 Å². The number of halogens is 3. The molecule has 0 aliphatic rings. The fourth-order valence-electron chi connectivity index (χ4n) is 1.16. The Labute approximate surface area is 109 Å². The van der Waals surface area contributed by atoms with E-state index in [0.29, 0.717) is 26.6 Å². The zero-order chi connectivity index (χ0) is 11.4. The molecule has 0 unspecified atom stereocenters. The first kappa shape index (κ1) is 12.9. The molecule has 1 aromatic rings. The molecule has 0 radical (unpaired) electrons.